The molecule has 0 saturated carbocycles. The van der Waals surface area contributed by atoms with Gasteiger partial charge in [0.05, 0.1) is 17.8 Å². The number of nitrogens with one attached hydrogen (secondary N) is 1. The zero-order valence-electron chi connectivity index (χ0n) is 16.1. The summed E-state index contributed by atoms with van der Waals surface area (Å²) in [5.41, 5.74) is 2.17. The molecule has 0 bridgehead atoms. The number of rotatable bonds is 4. The summed E-state index contributed by atoms with van der Waals surface area (Å²) in [6.07, 6.45) is -0.0496. The Kier molecular flexibility index (Phi) is 5.32. The van der Waals surface area contributed by atoms with Gasteiger partial charge in [-0.25, -0.2) is 0 Å². The third-order valence-electron chi connectivity index (χ3n) is 4.69. The highest BCUT2D eigenvalue weighted by Gasteiger charge is 2.42. The van der Waals surface area contributed by atoms with Crippen LogP contribution in [0.5, 0.6) is 0 Å². The fourth-order valence-corrected chi connectivity index (χ4v) is 3.69. The van der Waals surface area contributed by atoms with Crippen LogP contribution in [0.2, 0.25) is 0 Å². The molecule has 3 amide bonds. The van der Waals surface area contributed by atoms with Crippen molar-refractivity contribution in [3.8, 4) is 0 Å². The van der Waals surface area contributed by atoms with E-state index in [2.05, 4.69) is 5.32 Å². The SMILES string of the molecule is CCN1C(=O)C(c2ccc(NC(C)=O)cc2)=C(N2CC(C)OC(C)C2)C1=O. The zero-order valence-corrected chi connectivity index (χ0v) is 16.1. The van der Waals surface area contributed by atoms with E-state index >= 15 is 0 Å². The van der Waals surface area contributed by atoms with E-state index in [4.69, 9.17) is 4.74 Å². The number of morpholine rings is 1. The van der Waals surface area contributed by atoms with Crippen LogP contribution in [-0.2, 0) is 19.1 Å². The molecule has 7 heteroatoms. The fraction of sp³-hybridized carbons (Fsp3) is 0.450. The van der Waals surface area contributed by atoms with Crippen molar-refractivity contribution in [2.75, 3.05) is 25.0 Å². The van der Waals surface area contributed by atoms with E-state index < -0.39 is 0 Å². The van der Waals surface area contributed by atoms with Gasteiger partial charge in [0.15, 0.2) is 0 Å². The van der Waals surface area contributed by atoms with E-state index in [0.29, 0.717) is 42.2 Å². The van der Waals surface area contributed by atoms with Gasteiger partial charge in [-0.15, -0.1) is 0 Å². The number of imide groups is 1. The Morgan fingerprint density at radius 2 is 1.70 bits per heavy atom. The quantitative estimate of drug-likeness (QED) is 0.818. The summed E-state index contributed by atoms with van der Waals surface area (Å²) in [6, 6.07) is 6.99. The normalized spacial score (nSPS) is 23.3. The van der Waals surface area contributed by atoms with Crippen LogP contribution in [-0.4, -0.2) is 59.4 Å². The number of carbonyl (C=O) groups excluding carboxylic acids is 3. The molecule has 3 rings (SSSR count). The van der Waals surface area contributed by atoms with Crippen LogP contribution in [0.4, 0.5) is 5.69 Å². The average Bonchev–Trinajstić information content (AvgIpc) is 2.84. The highest BCUT2D eigenvalue weighted by molar-refractivity contribution is 6.35. The van der Waals surface area contributed by atoms with E-state index in [1.165, 1.54) is 11.8 Å². The van der Waals surface area contributed by atoms with Crippen LogP contribution in [0.3, 0.4) is 0 Å². The lowest BCUT2D eigenvalue weighted by molar-refractivity contribution is -0.138. The molecule has 2 heterocycles. The third kappa shape index (κ3) is 3.73. The molecular formula is C20H25N3O4. The maximum absolute atomic E-state index is 13.0. The standard InChI is InChI=1S/C20H25N3O4/c1-5-23-19(25)17(15-6-8-16(9-7-15)21-14(4)24)18(20(23)26)22-10-12(2)27-13(3)11-22/h6-9,12-13H,5,10-11H2,1-4H3,(H,21,24). The lowest BCUT2D eigenvalue weighted by Gasteiger charge is -2.37. The van der Waals surface area contributed by atoms with Gasteiger partial charge in [0.1, 0.15) is 5.70 Å². The van der Waals surface area contributed by atoms with Crippen molar-refractivity contribution in [2.24, 2.45) is 0 Å². The minimum absolute atomic E-state index is 0.0248. The topological polar surface area (TPSA) is 79.0 Å². The van der Waals surface area contributed by atoms with Crippen LogP contribution in [0.25, 0.3) is 5.57 Å². The predicted molar refractivity (Wildman–Crippen MR) is 102 cm³/mol. The van der Waals surface area contributed by atoms with Crippen molar-refractivity contribution in [3.05, 3.63) is 35.5 Å². The molecule has 0 aliphatic carbocycles. The molecule has 27 heavy (non-hydrogen) atoms. The number of hydrogen-bond acceptors (Lipinski definition) is 5. The fourth-order valence-electron chi connectivity index (χ4n) is 3.69. The number of amides is 3. The summed E-state index contributed by atoms with van der Waals surface area (Å²) in [4.78, 5) is 40.4. The van der Waals surface area contributed by atoms with E-state index in [1.54, 1.807) is 31.2 Å². The molecule has 1 fully saturated rings. The van der Waals surface area contributed by atoms with Gasteiger partial charge in [-0.1, -0.05) is 12.1 Å². The Labute approximate surface area is 159 Å². The Bertz CT molecular complexity index is 790. The molecule has 1 aromatic rings. The Morgan fingerprint density at radius 1 is 1.11 bits per heavy atom. The Hall–Kier alpha value is -2.67. The van der Waals surface area contributed by atoms with Gasteiger partial charge in [0.2, 0.25) is 5.91 Å². The van der Waals surface area contributed by atoms with Crippen LogP contribution in [0.15, 0.2) is 30.0 Å². The molecule has 0 radical (unpaired) electrons. The maximum atomic E-state index is 13.0. The Balaban J connectivity index is 2.03. The summed E-state index contributed by atoms with van der Waals surface area (Å²) in [7, 11) is 0. The minimum atomic E-state index is -0.281. The number of benzene rings is 1. The van der Waals surface area contributed by atoms with Crippen LogP contribution >= 0.6 is 0 Å². The number of ether oxygens (including phenoxy) is 1. The van der Waals surface area contributed by atoms with E-state index in [0.717, 1.165) is 0 Å². The highest BCUT2D eigenvalue weighted by Crippen LogP contribution is 2.33. The lowest BCUT2D eigenvalue weighted by atomic mass is 10.0. The molecule has 2 atom stereocenters. The molecule has 2 aliphatic heterocycles. The third-order valence-corrected chi connectivity index (χ3v) is 4.69. The largest absolute Gasteiger partial charge is 0.372 e. The molecule has 1 N–H and O–H groups in total. The molecule has 144 valence electrons. The summed E-state index contributed by atoms with van der Waals surface area (Å²) in [6.45, 7) is 8.60. The number of likely N-dealkylation sites (N-methyl/N-ethyl adjacent to an activating group) is 1. The minimum Gasteiger partial charge on any atom is -0.372 e. The van der Waals surface area contributed by atoms with E-state index in [-0.39, 0.29) is 29.9 Å². The van der Waals surface area contributed by atoms with Gasteiger partial charge in [0.25, 0.3) is 11.8 Å². The first kappa shape index (κ1) is 19.1. The van der Waals surface area contributed by atoms with Gasteiger partial charge in [-0.3, -0.25) is 19.3 Å². The summed E-state index contributed by atoms with van der Waals surface area (Å²) < 4.78 is 5.77. The van der Waals surface area contributed by atoms with Crippen LogP contribution in [0.1, 0.15) is 33.3 Å². The van der Waals surface area contributed by atoms with Crippen molar-refractivity contribution in [1.29, 1.82) is 0 Å². The molecule has 2 aliphatic rings. The molecule has 0 aromatic heterocycles. The van der Waals surface area contributed by atoms with Crippen molar-refractivity contribution >= 4 is 29.0 Å². The summed E-state index contributed by atoms with van der Waals surface area (Å²) in [5.74, 6) is -0.704. The predicted octanol–water partition coefficient (Wildman–Crippen LogP) is 1.85. The second-order valence-corrected chi connectivity index (χ2v) is 7.00. The molecule has 2 unspecified atom stereocenters. The Morgan fingerprint density at radius 3 is 2.22 bits per heavy atom. The first-order valence-corrected chi connectivity index (χ1v) is 9.20. The number of carbonyl (C=O) groups is 3. The average molecular weight is 371 g/mol. The van der Waals surface area contributed by atoms with E-state index in [1.807, 2.05) is 18.7 Å². The molecule has 7 nitrogen and oxygen atoms in total. The summed E-state index contributed by atoms with van der Waals surface area (Å²) in [5, 5.41) is 2.70. The van der Waals surface area contributed by atoms with Crippen LogP contribution < -0.4 is 5.32 Å². The van der Waals surface area contributed by atoms with Crippen molar-refractivity contribution in [3.63, 3.8) is 0 Å². The van der Waals surface area contributed by atoms with Gasteiger partial charge < -0.3 is 15.0 Å². The van der Waals surface area contributed by atoms with E-state index in [9.17, 15) is 14.4 Å². The molecule has 0 spiro atoms. The zero-order chi connectivity index (χ0) is 19.7. The van der Waals surface area contributed by atoms with Gasteiger partial charge >= 0.3 is 0 Å². The van der Waals surface area contributed by atoms with Gasteiger partial charge in [0, 0.05) is 32.2 Å². The second-order valence-electron chi connectivity index (χ2n) is 7.00. The molecule has 1 aromatic carbocycles. The van der Waals surface area contributed by atoms with Gasteiger partial charge in [-0.2, -0.15) is 0 Å². The monoisotopic (exact) mass is 371 g/mol. The summed E-state index contributed by atoms with van der Waals surface area (Å²) >= 11 is 0. The van der Waals surface area contributed by atoms with Crippen molar-refractivity contribution in [2.45, 2.75) is 39.9 Å². The molecule has 1 saturated heterocycles. The first-order chi connectivity index (χ1) is 12.8. The lowest BCUT2D eigenvalue weighted by Crippen LogP contribution is -2.46. The smallest absolute Gasteiger partial charge is 0.277 e. The second kappa shape index (κ2) is 7.52. The first-order valence-electron chi connectivity index (χ1n) is 9.20. The number of nitrogens with zero attached hydrogens (tertiary/aromatic N) is 2. The number of hydrogen-bond donors (Lipinski definition) is 1. The number of anilines is 1. The molecular weight excluding hydrogens is 346 g/mol. The van der Waals surface area contributed by atoms with Crippen LogP contribution in [0, 0.1) is 0 Å². The van der Waals surface area contributed by atoms with Crippen molar-refractivity contribution < 1.29 is 19.1 Å². The maximum Gasteiger partial charge on any atom is 0.277 e. The van der Waals surface area contributed by atoms with Gasteiger partial charge in [-0.05, 0) is 38.5 Å². The van der Waals surface area contributed by atoms with Crippen molar-refractivity contribution in [1.82, 2.24) is 9.80 Å². The highest BCUT2D eigenvalue weighted by atomic mass is 16.5.